The summed E-state index contributed by atoms with van der Waals surface area (Å²) in [6.45, 7) is 4.12. The second kappa shape index (κ2) is 5.69. The summed E-state index contributed by atoms with van der Waals surface area (Å²) in [5, 5.41) is 0. The molecular formula is C16H19NO. The second-order valence-corrected chi connectivity index (χ2v) is 4.50. The fourth-order valence-corrected chi connectivity index (χ4v) is 2.00. The maximum Gasteiger partial charge on any atom is 0.0805 e. The van der Waals surface area contributed by atoms with Gasteiger partial charge in [-0.1, -0.05) is 42.5 Å². The fraction of sp³-hybridized carbons (Fsp3) is 0.250. The number of rotatable bonds is 4. The first kappa shape index (κ1) is 12.7. The molecule has 2 N–H and O–H groups in total. The molecule has 18 heavy (non-hydrogen) atoms. The van der Waals surface area contributed by atoms with Gasteiger partial charge < -0.3 is 10.5 Å². The van der Waals surface area contributed by atoms with Gasteiger partial charge in [-0.25, -0.2) is 0 Å². The fourth-order valence-electron chi connectivity index (χ4n) is 2.00. The van der Waals surface area contributed by atoms with Crippen LogP contribution in [0.3, 0.4) is 0 Å². The molecule has 2 nitrogen and oxygen atoms in total. The largest absolute Gasteiger partial charge is 0.399 e. The first-order valence-electron chi connectivity index (χ1n) is 6.22. The molecule has 0 radical (unpaired) electrons. The van der Waals surface area contributed by atoms with E-state index in [-0.39, 0.29) is 12.2 Å². The van der Waals surface area contributed by atoms with E-state index in [1.165, 1.54) is 5.56 Å². The lowest BCUT2D eigenvalue weighted by Crippen LogP contribution is -2.05. The van der Waals surface area contributed by atoms with Crippen LogP contribution in [0.1, 0.15) is 37.2 Å². The Bertz CT molecular complexity index is 495. The molecule has 0 aliphatic rings. The number of hydrogen-bond donors (Lipinski definition) is 1. The zero-order chi connectivity index (χ0) is 13.0. The highest BCUT2D eigenvalue weighted by Gasteiger charge is 2.12. The highest BCUT2D eigenvalue weighted by molar-refractivity contribution is 5.41. The number of hydrogen-bond acceptors (Lipinski definition) is 2. The Hall–Kier alpha value is -1.80. The predicted molar refractivity (Wildman–Crippen MR) is 75.2 cm³/mol. The Morgan fingerprint density at radius 3 is 2.11 bits per heavy atom. The molecule has 94 valence electrons. The zero-order valence-corrected chi connectivity index (χ0v) is 10.8. The van der Waals surface area contributed by atoms with Crippen molar-refractivity contribution in [3.8, 4) is 0 Å². The highest BCUT2D eigenvalue weighted by atomic mass is 16.5. The number of benzene rings is 2. The van der Waals surface area contributed by atoms with Crippen molar-refractivity contribution in [2.45, 2.75) is 26.1 Å². The van der Waals surface area contributed by atoms with Crippen LogP contribution in [-0.4, -0.2) is 0 Å². The van der Waals surface area contributed by atoms with Gasteiger partial charge in [0, 0.05) is 5.69 Å². The van der Waals surface area contributed by atoms with Gasteiger partial charge in [-0.2, -0.15) is 0 Å². The van der Waals surface area contributed by atoms with Gasteiger partial charge in [0.25, 0.3) is 0 Å². The maximum atomic E-state index is 6.02. The smallest absolute Gasteiger partial charge is 0.0805 e. The maximum absolute atomic E-state index is 6.02. The summed E-state index contributed by atoms with van der Waals surface area (Å²) in [5.41, 5.74) is 8.85. The average Bonchev–Trinajstić information content (AvgIpc) is 2.39. The summed E-state index contributed by atoms with van der Waals surface area (Å²) >= 11 is 0. The zero-order valence-electron chi connectivity index (χ0n) is 10.8. The van der Waals surface area contributed by atoms with Gasteiger partial charge >= 0.3 is 0 Å². The standard InChI is InChI=1S/C16H19NO/c1-12(14-7-4-3-5-8-14)18-13(2)15-9-6-10-16(17)11-15/h3-13H,17H2,1-2H3. The Labute approximate surface area is 108 Å². The Morgan fingerprint density at radius 2 is 1.44 bits per heavy atom. The lowest BCUT2D eigenvalue weighted by atomic mass is 10.1. The van der Waals surface area contributed by atoms with E-state index in [0.717, 1.165) is 11.3 Å². The van der Waals surface area contributed by atoms with Crippen molar-refractivity contribution in [3.05, 3.63) is 65.7 Å². The van der Waals surface area contributed by atoms with E-state index in [2.05, 4.69) is 19.1 Å². The van der Waals surface area contributed by atoms with Crippen LogP contribution in [0.25, 0.3) is 0 Å². The van der Waals surface area contributed by atoms with Crippen molar-refractivity contribution < 1.29 is 4.74 Å². The third-order valence-electron chi connectivity index (χ3n) is 3.06. The van der Waals surface area contributed by atoms with Crippen LogP contribution in [0, 0.1) is 0 Å². The molecule has 2 atom stereocenters. The monoisotopic (exact) mass is 241 g/mol. The molecule has 0 bridgehead atoms. The minimum Gasteiger partial charge on any atom is -0.399 e. The molecule has 0 spiro atoms. The van der Waals surface area contributed by atoms with Crippen molar-refractivity contribution in [1.29, 1.82) is 0 Å². The summed E-state index contributed by atoms with van der Waals surface area (Å²) in [5.74, 6) is 0. The van der Waals surface area contributed by atoms with Crippen LogP contribution in [0.4, 0.5) is 5.69 Å². The van der Waals surface area contributed by atoms with Crippen molar-refractivity contribution in [2.24, 2.45) is 0 Å². The minimum atomic E-state index is 0.0312. The lowest BCUT2D eigenvalue weighted by Gasteiger charge is -2.20. The Kier molecular flexibility index (Phi) is 4.00. The molecule has 2 aromatic rings. The topological polar surface area (TPSA) is 35.2 Å². The summed E-state index contributed by atoms with van der Waals surface area (Å²) in [6.07, 6.45) is 0.103. The van der Waals surface area contributed by atoms with E-state index in [1.54, 1.807) is 0 Å². The highest BCUT2D eigenvalue weighted by Crippen LogP contribution is 2.26. The van der Waals surface area contributed by atoms with Gasteiger partial charge in [-0.3, -0.25) is 0 Å². The van der Waals surface area contributed by atoms with Gasteiger partial charge in [0.1, 0.15) is 0 Å². The molecule has 2 heteroatoms. The van der Waals surface area contributed by atoms with Crippen molar-refractivity contribution in [2.75, 3.05) is 5.73 Å². The minimum absolute atomic E-state index is 0.0312. The number of nitrogen functional groups attached to an aromatic ring is 1. The molecule has 2 aromatic carbocycles. The van der Waals surface area contributed by atoms with Gasteiger partial charge in [0.05, 0.1) is 12.2 Å². The van der Waals surface area contributed by atoms with E-state index in [9.17, 15) is 0 Å². The number of ether oxygens (including phenoxy) is 1. The summed E-state index contributed by atoms with van der Waals surface area (Å²) in [4.78, 5) is 0. The SMILES string of the molecule is CC(OC(C)c1cccc(N)c1)c1ccccc1. The molecule has 2 unspecified atom stereocenters. The average molecular weight is 241 g/mol. The molecule has 0 aliphatic heterocycles. The van der Waals surface area contributed by atoms with Crippen LogP contribution >= 0.6 is 0 Å². The van der Waals surface area contributed by atoms with Crippen LogP contribution in [0.5, 0.6) is 0 Å². The summed E-state index contributed by atoms with van der Waals surface area (Å²) < 4.78 is 6.02. The molecule has 0 aromatic heterocycles. The number of anilines is 1. The van der Waals surface area contributed by atoms with Crippen molar-refractivity contribution in [1.82, 2.24) is 0 Å². The molecule has 0 heterocycles. The van der Waals surface area contributed by atoms with E-state index < -0.39 is 0 Å². The normalized spacial score (nSPS) is 14.1. The number of nitrogens with two attached hydrogens (primary N) is 1. The van der Waals surface area contributed by atoms with Crippen LogP contribution in [0.2, 0.25) is 0 Å². The first-order chi connectivity index (χ1) is 8.66. The van der Waals surface area contributed by atoms with E-state index in [0.29, 0.717) is 0 Å². The Morgan fingerprint density at radius 1 is 0.833 bits per heavy atom. The summed E-state index contributed by atoms with van der Waals surface area (Å²) in [7, 11) is 0. The lowest BCUT2D eigenvalue weighted by molar-refractivity contribution is 0.00589. The molecule has 0 amide bonds. The van der Waals surface area contributed by atoms with Crippen LogP contribution in [0.15, 0.2) is 54.6 Å². The third kappa shape index (κ3) is 3.11. The molecule has 0 aliphatic carbocycles. The molecular weight excluding hydrogens is 222 g/mol. The van der Waals surface area contributed by atoms with Gasteiger partial charge in [0.2, 0.25) is 0 Å². The molecule has 2 rings (SSSR count). The van der Waals surface area contributed by atoms with Crippen LogP contribution < -0.4 is 5.73 Å². The molecule has 0 saturated carbocycles. The quantitative estimate of drug-likeness (QED) is 0.818. The van der Waals surface area contributed by atoms with E-state index in [1.807, 2.05) is 49.4 Å². The van der Waals surface area contributed by atoms with Crippen molar-refractivity contribution in [3.63, 3.8) is 0 Å². The third-order valence-corrected chi connectivity index (χ3v) is 3.06. The van der Waals surface area contributed by atoms with E-state index >= 15 is 0 Å². The summed E-state index contributed by atoms with van der Waals surface area (Å²) in [6, 6.07) is 18.1. The van der Waals surface area contributed by atoms with Gasteiger partial charge in [0.15, 0.2) is 0 Å². The predicted octanol–water partition coefficient (Wildman–Crippen LogP) is 4.11. The van der Waals surface area contributed by atoms with Crippen molar-refractivity contribution >= 4 is 5.69 Å². The molecule has 0 fully saturated rings. The van der Waals surface area contributed by atoms with Gasteiger partial charge in [-0.15, -0.1) is 0 Å². The van der Waals surface area contributed by atoms with E-state index in [4.69, 9.17) is 10.5 Å². The van der Waals surface area contributed by atoms with Crippen LogP contribution in [-0.2, 0) is 4.74 Å². The first-order valence-corrected chi connectivity index (χ1v) is 6.22. The Balaban J connectivity index is 2.05. The van der Waals surface area contributed by atoms with Gasteiger partial charge in [-0.05, 0) is 37.1 Å². The second-order valence-electron chi connectivity index (χ2n) is 4.50. The molecule has 0 saturated heterocycles.